The quantitative estimate of drug-likeness (QED) is 0.251. The summed E-state index contributed by atoms with van der Waals surface area (Å²) in [6.45, 7) is 4.64. The van der Waals surface area contributed by atoms with Gasteiger partial charge >= 0.3 is 5.97 Å². The van der Waals surface area contributed by atoms with E-state index < -0.39 is 5.97 Å². The van der Waals surface area contributed by atoms with Crippen LogP contribution in [0.4, 0.5) is 5.69 Å². The van der Waals surface area contributed by atoms with E-state index in [4.69, 9.17) is 26.2 Å². The van der Waals surface area contributed by atoms with Crippen molar-refractivity contribution in [3.05, 3.63) is 85.4 Å². The van der Waals surface area contributed by atoms with E-state index in [1.807, 2.05) is 44.2 Å². The van der Waals surface area contributed by atoms with Crippen LogP contribution in [0.1, 0.15) is 34.0 Å². The third-order valence-electron chi connectivity index (χ3n) is 4.51. The van der Waals surface area contributed by atoms with Crippen LogP contribution in [0.15, 0.2) is 59.6 Å². The SMILES string of the molecule is CCOc1cc(C=Nc2cccc(Cl)c2C)cc(I)c1OCc1ccc(C(=O)O)cc1. The molecule has 0 unspecified atom stereocenters. The standard InChI is InChI=1S/C24H21ClINO4/c1-3-30-22-12-17(13-27-21-6-4-5-19(25)15(21)2)11-20(26)23(22)31-14-16-7-9-18(10-8-16)24(28)29/h4-13H,3,14H2,1-2H3,(H,28,29). The van der Waals surface area contributed by atoms with E-state index in [1.165, 1.54) is 0 Å². The van der Waals surface area contributed by atoms with Gasteiger partial charge in [0.25, 0.3) is 0 Å². The van der Waals surface area contributed by atoms with Crippen LogP contribution in [-0.4, -0.2) is 23.9 Å². The fourth-order valence-electron chi connectivity index (χ4n) is 2.84. The maximum atomic E-state index is 11.0. The number of hydrogen-bond acceptors (Lipinski definition) is 4. The Morgan fingerprint density at radius 1 is 1.16 bits per heavy atom. The highest BCUT2D eigenvalue weighted by Crippen LogP contribution is 2.35. The molecule has 0 aliphatic heterocycles. The fourth-order valence-corrected chi connectivity index (χ4v) is 3.80. The Balaban J connectivity index is 1.82. The lowest BCUT2D eigenvalue weighted by Crippen LogP contribution is -2.03. The molecule has 31 heavy (non-hydrogen) atoms. The minimum absolute atomic E-state index is 0.243. The normalized spacial score (nSPS) is 11.0. The average molecular weight is 550 g/mol. The highest BCUT2D eigenvalue weighted by Gasteiger charge is 2.13. The summed E-state index contributed by atoms with van der Waals surface area (Å²) in [7, 11) is 0. The van der Waals surface area contributed by atoms with Crippen molar-refractivity contribution in [2.45, 2.75) is 20.5 Å². The number of rotatable bonds is 8. The smallest absolute Gasteiger partial charge is 0.335 e. The lowest BCUT2D eigenvalue weighted by molar-refractivity contribution is 0.0697. The summed E-state index contributed by atoms with van der Waals surface area (Å²) in [6.07, 6.45) is 1.78. The molecule has 3 aromatic carbocycles. The van der Waals surface area contributed by atoms with Crippen LogP contribution >= 0.6 is 34.2 Å². The molecule has 0 aromatic heterocycles. The number of benzene rings is 3. The van der Waals surface area contributed by atoms with Crippen molar-refractivity contribution in [2.24, 2.45) is 4.99 Å². The highest BCUT2D eigenvalue weighted by atomic mass is 127. The van der Waals surface area contributed by atoms with Crippen LogP contribution in [0.5, 0.6) is 11.5 Å². The first-order chi connectivity index (χ1) is 14.9. The van der Waals surface area contributed by atoms with Crippen molar-refractivity contribution in [2.75, 3.05) is 6.61 Å². The largest absolute Gasteiger partial charge is 0.490 e. The lowest BCUT2D eigenvalue weighted by Gasteiger charge is -2.15. The zero-order chi connectivity index (χ0) is 22.4. The molecule has 0 radical (unpaired) electrons. The number of nitrogens with zero attached hydrogens (tertiary/aromatic N) is 1. The van der Waals surface area contributed by atoms with Gasteiger partial charge in [-0.15, -0.1) is 0 Å². The number of ether oxygens (including phenoxy) is 2. The molecule has 3 rings (SSSR count). The minimum Gasteiger partial charge on any atom is -0.490 e. The van der Waals surface area contributed by atoms with Crippen LogP contribution < -0.4 is 9.47 Å². The number of carbonyl (C=O) groups is 1. The molecule has 0 spiro atoms. The maximum absolute atomic E-state index is 11.0. The van der Waals surface area contributed by atoms with Crippen LogP contribution in [0.2, 0.25) is 5.02 Å². The van der Waals surface area contributed by atoms with E-state index in [-0.39, 0.29) is 5.56 Å². The Kier molecular flexibility index (Phi) is 7.92. The predicted octanol–water partition coefficient (Wildman–Crippen LogP) is 6.68. The van der Waals surface area contributed by atoms with Crippen LogP contribution in [0.3, 0.4) is 0 Å². The monoisotopic (exact) mass is 549 g/mol. The van der Waals surface area contributed by atoms with Gasteiger partial charge in [-0.2, -0.15) is 0 Å². The van der Waals surface area contributed by atoms with Gasteiger partial charge in [0.05, 0.1) is 21.4 Å². The Bertz CT molecular complexity index is 1110. The molecule has 0 atom stereocenters. The fraction of sp³-hybridized carbons (Fsp3) is 0.167. The first-order valence-corrected chi connectivity index (χ1v) is 11.0. The molecule has 0 saturated heterocycles. The van der Waals surface area contributed by atoms with Crippen molar-refractivity contribution in [1.29, 1.82) is 0 Å². The van der Waals surface area contributed by atoms with Gasteiger partial charge < -0.3 is 14.6 Å². The van der Waals surface area contributed by atoms with Crippen molar-refractivity contribution in [3.8, 4) is 11.5 Å². The third-order valence-corrected chi connectivity index (χ3v) is 5.72. The number of carboxylic acids is 1. The second kappa shape index (κ2) is 10.6. The van der Waals surface area contributed by atoms with Crippen molar-refractivity contribution in [1.82, 2.24) is 0 Å². The molecule has 0 amide bonds. The number of aromatic carboxylic acids is 1. The van der Waals surface area contributed by atoms with Gasteiger partial charge in [0.15, 0.2) is 11.5 Å². The molecular weight excluding hydrogens is 529 g/mol. The molecule has 0 saturated carbocycles. The topological polar surface area (TPSA) is 68.1 Å². The molecule has 0 aliphatic carbocycles. The number of aliphatic imine (C=N–C) groups is 1. The molecule has 0 heterocycles. The third kappa shape index (κ3) is 5.98. The first-order valence-electron chi connectivity index (χ1n) is 9.59. The van der Waals surface area contributed by atoms with E-state index >= 15 is 0 Å². The van der Waals surface area contributed by atoms with Gasteiger partial charge in [0.1, 0.15) is 6.61 Å². The molecule has 7 heteroatoms. The van der Waals surface area contributed by atoms with Gasteiger partial charge in [-0.25, -0.2) is 4.79 Å². The summed E-state index contributed by atoms with van der Waals surface area (Å²) in [5.74, 6) is 0.313. The van der Waals surface area contributed by atoms with Crippen LogP contribution in [0, 0.1) is 10.5 Å². The van der Waals surface area contributed by atoms with Crippen molar-refractivity contribution in [3.63, 3.8) is 0 Å². The second-order valence-electron chi connectivity index (χ2n) is 6.70. The highest BCUT2D eigenvalue weighted by molar-refractivity contribution is 14.1. The Morgan fingerprint density at radius 3 is 2.58 bits per heavy atom. The number of hydrogen-bond donors (Lipinski definition) is 1. The van der Waals surface area contributed by atoms with E-state index in [0.717, 1.165) is 25.9 Å². The molecule has 0 aliphatic rings. The summed E-state index contributed by atoms with van der Waals surface area (Å²) < 4.78 is 12.7. The lowest BCUT2D eigenvalue weighted by atomic mass is 10.1. The Hall–Kier alpha value is -2.58. The Morgan fingerprint density at radius 2 is 1.90 bits per heavy atom. The molecule has 0 bridgehead atoms. The van der Waals surface area contributed by atoms with Gasteiger partial charge in [-0.1, -0.05) is 29.8 Å². The van der Waals surface area contributed by atoms with Crippen molar-refractivity contribution >= 4 is 52.1 Å². The summed E-state index contributed by atoms with van der Waals surface area (Å²) in [4.78, 5) is 15.6. The summed E-state index contributed by atoms with van der Waals surface area (Å²) in [6, 6.07) is 16.1. The number of halogens is 2. The molecule has 5 nitrogen and oxygen atoms in total. The molecule has 160 valence electrons. The molecule has 0 fully saturated rings. The Labute approximate surface area is 199 Å². The summed E-state index contributed by atoms with van der Waals surface area (Å²) in [5.41, 5.74) is 3.72. The van der Waals surface area contributed by atoms with Crippen LogP contribution in [0.25, 0.3) is 0 Å². The van der Waals surface area contributed by atoms with Crippen LogP contribution in [-0.2, 0) is 6.61 Å². The van der Waals surface area contributed by atoms with E-state index in [2.05, 4.69) is 27.6 Å². The second-order valence-corrected chi connectivity index (χ2v) is 8.27. The summed E-state index contributed by atoms with van der Waals surface area (Å²) >= 11 is 8.39. The zero-order valence-electron chi connectivity index (χ0n) is 17.1. The van der Waals surface area contributed by atoms with E-state index in [0.29, 0.717) is 29.7 Å². The molecule has 3 aromatic rings. The first kappa shape index (κ1) is 23.1. The maximum Gasteiger partial charge on any atom is 0.335 e. The summed E-state index contributed by atoms with van der Waals surface area (Å²) in [5, 5.41) is 9.70. The number of carboxylic acid groups (broad SMARTS) is 1. The molecule has 1 N–H and O–H groups in total. The van der Waals surface area contributed by atoms with Gasteiger partial charge in [0.2, 0.25) is 0 Å². The van der Waals surface area contributed by atoms with Gasteiger partial charge in [-0.3, -0.25) is 4.99 Å². The minimum atomic E-state index is -0.953. The predicted molar refractivity (Wildman–Crippen MR) is 132 cm³/mol. The van der Waals surface area contributed by atoms with Gasteiger partial charge in [0, 0.05) is 11.2 Å². The zero-order valence-corrected chi connectivity index (χ0v) is 20.0. The average Bonchev–Trinajstić information content (AvgIpc) is 2.74. The van der Waals surface area contributed by atoms with E-state index in [9.17, 15) is 4.79 Å². The van der Waals surface area contributed by atoms with Gasteiger partial charge in [-0.05, 0) is 89.5 Å². The van der Waals surface area contributed by atoms with E-state index in [1.54, 1.807) is 30.5 Å². The molecular formula is C24H21ClINO4. The van der Waals surface area contributed by atoms with Crippen molar-refractivity contribution < 1.29 is 19.4 Å².